The number of sulfone groups is 1. The lowest BCUT2D eigenvalue weighted by atomic mass is 9.84. The molecule has 2 aliphatic rings. The third kappa shape index (κ3) is 6.24. The maximum Gasteiger partial charge on any atom is 0.430 e. The van der Waals surface area contributed by atoms with Gasteiger partial charge in [-0.15, -0.1) is 0 Å². The Morgan fingerprint density at radius 3 is 2.06 bits per heavy atom. The molecule has 3 aromatic rings. The lowest BCUT2D eigenvalue weighted by Crippen LogP contribution is -2.54. The Balaban J connectivity index is 1.64. The number of nitrogens with zero attached hydrogens (tertiary/aromatic N) is 1. The molecule has 0 spiro atoms. The van der Waals surface area contributed by atoms with E-state index in [1.54, 1.807) is 45.0 Å². The Morgan fingerprint density at radius 1 is 0.939 bits per heavy atom. The molecule has 5 rings (SSSR count). The number of aliphatic hydroxyl groups is 1. The molecule has 0 radical (unpaired) electrons. The van der Waals surface area contributed by atoms with Crippen LogP contribution < -0.4 is 4.74 Å². The molecule has 0 saturated heterocycles. The molecule has 1 fully saturated rings. The van der Waals surface area contributed by atoms with E-state index in [-0.39, 0.29) is 42.0 Å². The summed E-state index contributed by atoms with van der Waals surface area (Å²) < 4.78 is 135. The molecular formula is C34H34F7NO6S. The second-order valence-corrected chi connectivity index (χ2v) is 15.4. The van der Waals surface area contributed by atoms with Gasteiger partial charge in [0, 0.05) is 24.6 Å². The fourth-order valence-corrected chi connectivity index (χ4v) is 9.49. The molecule has 2 aliphatic carbocycles. The van der Waals surface area contributed by atoms with Crippen LogP contribution in [0.5, 0.6) is 5.75 Å². The minimum Gasteiger partial charge on any atom is -0.497 e. The summed E-state index contributed by atoms with van der Waals surface area (Å²) in [7, 11) is -3.05. The number of ether oxygens (including phenoxy) is 2. The van der Waals surface area contributed by atoms with Crippen molar-refractivity contribution in [2.45, 2.75) is 73.4 Å². The lowest BCUT2D eigenvalue weighted by Gasteiger charge is -2.34. The molecule has 1 amide bonds. The highest BCUT2D eigenvalue weighted by molar-refractivity contribution is 7.92. The van der Waals surface area contributed by atoms with Gasteiger partial charge in [0.05, 0.1) is 12.0 Å². The van der Waals surface area contributed by atoms with Gasteiger partial charge < -0.3 is 19.5 Å². The van der Waals surface area contributed by atoms with Gasteiger partial charge in [0.2, 0.25) is 0 Å². The van der Waals surface area contributed by atoms with E-state index in [2.05, 4.69) is 0 Å². The lowest BCUT2D eigenvalue weighted by molar-refractivity contribution is -0.376. The van der Waals surface area contributed by atoms with Gasteiger partial charge in [0.25, 0.3) is 5.60 Å². The van der Waals surface area contributed by atoms with Crippen molar-refractivity contribution in [1.82, 2.24) is 4.90 Å². The fraction of sp³-hybridized carbons (Fsp3) is 0.441. The van der Waals surface area contributed by atoms with Crippen molar-refractivity contribution in [2.24, 2.45) is 11.8 Å². The number of alkyl halides is 6. The second-order valence-electron chi connectivity index (χ2n) is 13.3. The van der Waals surface area contributed by atoms with Crippen LogP contribution in [-0.2, 0) is 37.9 Å². The number of carbonyl (C=O) groups excluding carboxylic acids is 1. The van der Waals surface area contributed by atoms with E-state index in [1.165, 1.54) is 12.0 Å². The Morgan fingerprint density at radius 2 is 1.53 bits per heavy atom. The van der Waals surface area contributed by atoms with Crippen LogP contribution in [-0.4, -0.2) is 56.1 Å². The molecule has 0 aliphatic heterocycles. The number of rotatable bonds is 8. The molecule has 3 atom stereocenters. The minimum absolute atomic E-state index is 0.0166. The van der Waals surface area contributed by atoms with Crippen LogP contribution in [0.3, 0.4) is 0 Å². The smallest absolute Gasteiger partial charge is 0.430 e. The first-order chi connectivity index (χ1) is 22.6. The van der Waals surface area contributed by atoms with Crippen LogP contribution in [0.1, 0.15) is 49.4 Å². The van der Waals surface area contributed by atoms with Crippen molar-refractivity contribution >= 4 is 15.9 Å². The summed E-state index contributed by atoms with van der Waals surface area (Å²) >= 11 is 0. The molecule has 3 aromatic carbocycles. The van der Waals surface area contributed by atoms with Crippen LogP contribution in [0.2, 0.25) is 0 Å². The van der Waals surface area contributed by atoms with Crippen molar-refractivity contribution in [3.8, 4) is 5.75 Å². The standard InChI is InChI=1S/C34H34F7NO6S/c1-30(2,3)48-29(43)42(18-20-5-11-24(47-4)12-6-20)19-28-27-15-7-21-17-22(32(44,33(36,37)38)34(39,40)41)8-16-26(21)31(27,28)49(45,46)25-13-9-23(35)10-14-25/h5-6,8-14,16-17,27-28,44H,7,15,18-19H2,1-4H3. The summed E-state index contributed by atoms with van der Waals surface area (Å²) in [6.07, 6.45) is -13.2. The van der Waals surface area contributed by atoms with Crippen LogP contribution in [0.4, 0.5) is 35.5 Å². The first-order valence-corrected chi connectivity index (χ1v) is 16.7. The van der Waals surface area contributed by atoms with Crippen molar-refractivity contribution in [1.29, 1.82) is 0 Å². The maximum atomic E-state index is 14.6. The zero-order valence-electron chi connectivity index (χ0n) is 26.8. The van der Waals surface area contributed by atoms with Crippen LogP contribution in [0, 0.1) is 17.7 Å². The van der Waals surface area contributed by atoms with Gasteiger partial charge in [-0.3, -0.25) is 0 Å². The predicted octanol–water partition coefficient (Wildman–Crippen LogP) is 7.45. The summed E-state index contributed by atoms with van der Waals surface area (Å²) in [5.41, 5.74) is -7.22. The SMILES string of the molecule is COc1ccc(CN(CC2C3CCc4cc(C(O)(C(F)(F)F)C(F)(F)F)ccc4C32S(=O)(=O)c2ccc(F)cc2)C(=O)OC(C)(C)C)cc1. The number of carbonyl (C=O) groups is 1. The van der Waals surface area contributed by atoms with E-state index in [0.717, 1.165) is 30.3 Å². The Kier molecular flexibility index (Phi) is 9.06. The van der Waals surface area contributed by atoms with Crippen molar-refractivity contribution in [2.75, 3.05) is 13.7 Å². The van der Waals surface area contributed by atoms with E-state index in [1.807, 2.05) is 0 Å². The average Bonchev–Trinajstić information content (AvgIpc) is 3.68. The number of halogens is 7. The first-order valence-electron chi connectivity index (χ1n) is 15.2. The molecule has 266 valence electrons. The summed E-state index contributed by atoms with van der Waals surface area (Å²) in [4.78, 5) is 14.5. The quantitative estimate of drug-likeness (QED) is 0.192. The van der Waals surface area contributed by atoms with Crippen molar-refractivity contribution in [3.63, 3.8) is 0 Å². The maximum absolute atomic E-state index is 14.6. The zero-order valence-corrected chi connectivity index (χ0v) is 27.6. The largest absolute Gasteiger partial charge is 0.497 e. The number of aryl methyl sites for hydroxylation is 1. The molecule has 15 heteroatoms. The highest BCUT2D eigenvalue weighted by Gasteiger charge is 2.75. The molecule has 0 aromatic heterocycles. The molecule has 7 nitrogen and oxygen atoms in total. The Bertz CT molecular complexity index is 1810. The average molecular weight is 718 g/mol. The van der Waals surface area contributed by atoms with Gasteiger partial charge in [-0.1, -0.05) is 30.3 Å². The van der Waals surface area contributed by atoms with Gasteiger partial charge in [-0.25, -0.2) is 17.6 Å². The van der Waals surface area contributed by atoms with Gasteiger partial charge in [-0.2, -0.15) is 26.3 Å². The molecular weight excluding hydrogens is 683 g/mol. The van der Waals surface area contributed by atoms with E-state index in [0.29, 0.717) is 23.4 Å². The zero-order chi connectivity index (χ0) is 36.4. The molecule has 1 N–H and O–H groups in total. The number of amides is 1. The number of methoxy groups -OCH3 is 1. The third-order valence-corrected chi connectivity index (χ3v) is 11.7. The molecule has 49 heavy (non-hydrogen) atoms. The van der Waals surface area contributed by atoms with Crippen LogP contribution in [0.15, 0.2) is 71.6 Å². The molecule has 0 heterocycles. The Hall–Kier alpha value is -3.85. The number of benzene rings is 3. The van der Waals surface area contributed by atoms with E-state index in [9.17, 15) is 49.1 Å². The summed E-state index contributed by atoms with van der Waals surface area (Å²) in [5.74, 6) is -1.82. The normalized spacial score (nSPS) is 21.0. The number of hydrogen-bond donors (Lipinski definition) is 1. The summed E-state index contributed by atoms with van der Waals surface area (Å²) in [5, 5.41) is 10.1. The number of fused-ring (bicyclic) bond motifs is 3. The van der Waals surface area contributed by atoms with Crippen molar-refractivity contribution < 1.29 is 58.5 Å². The summed E-state index contributed by atoms with van der Waals surface area (Å²) in [6, 6.07) is 12.5. The topological polar surface area (TPSA) is 93.1 Å². The minimum atomic E-state index is -6.15. The second kappa shape index (κ2) is 12.2. The first kappa shape index (κ1) is 36.4. The van der Waals surface area contributed by atoms with Gasteiger partial charge >= 0.3 is 18.4 Å². The van der Waals surface area contributed by atoms with Gasteiger partial charge in [-0.05, 0) is 92.6 Å². The fourth-order valence-electron chi connectivity index (χ4n) is 6.86. The monoisotopic (exact) mass is 717 g/mol. The molecule has 1 saturated carbocycles. The van der Waals surface area contributed by atoms with Gasteiger partial charge in [0.15, 0.2) is 9.84 Å². The van der Waals surface area contributed by atoms with E-state index in [4.69, 9.17) is 9.47 Å². The van der Waals surface area contributed by atoms with Gasteiger partial charge in [0.1, 0.15) is 21.9 Å². The highest BCUT2D eigenvalue weighted by Crippen LogP contribution is 2.70. The van der Waals surface area contributed by atoms with E-state index < -0.39 is 67.4 Å². The molecule has 0 bridgehead atoms. The summed E-state index contributed by atoms with van der Waals surface area (Å²) in [6.45, 7) is 4.67. The third-order valence-electron chi connectivity index (χ3n) is 9.14. The van der Waals surface area contributed by atoms with Crippen LogP contribution in [0.25, 0.3) is 0 Å². The number of hydrogen-bond acceptors (Lipinski definition) is 6. The Labute approximate surface area is 278 Å². The highest BCUT2D eigenvalue weighted by atomic mass is 32.2. The molecule has 3 unspecified atom stereocenters. The predicted molar refractivity (Wildman–Crippen MR) is 163 cm³/mol. The van der Waals surface area contributed by atoms with E-state index >= 15 is 0 Å². The van der Waals surface area contributed by atoms with Crippen molar-refractivity contribution in [3.05, 3.63) is 94.8 Å². The van der Waals surface area contributed by atoms with Crippen LogP contribution >= 0.6 is 0 Å².